The molecule has 0 saturated carbocycles. The van der Waals surface area contributed by atoms with Gasteiger partial charge >= 0.3 is 12.2 Å². The van der Waals surface area contributed by atoms with Crippen LogP contribution < -0.4 is 4.74 Å². The number of aromatic nitrogens is 2. The van der Waals surface area contributed by atoms with Crippen LogP contribution in [-0.2, 0) is 22.1 Å². The molecule has 1 aromatic heterocycles. The number of hydrogen-bond acceptors (Lipinski definition) is 6. The van der Waals surface area contributed by atoms with Gasteiger partial charge in [-0.25, -0.2) is 14.6 Å². The van der Waals surface area contributed by atoms with E-state index in [9.17, 15) is 9.59 Å². The lowest BCUT2D eigenvalue weighted by Crippen LogP contribution is -2.51. The zero-order valence-corrected chi connectivity index (χ0v) is 24.2. The number of nitrogens with zero attached hydrogens (tertiary/aromatic N) is 4. The first-order chi connectivity index (χ1) is 18.3. The van der Waals surface area contributed by atoms with Gasteiger partial charge in [-0.15, -0.1) is 0 Å². The smallest absolute Gasteiger partial charge is 0.411 e. The minimum atomic E-state index is -0.597. The van der Waals surface area contributed by atoms with E-state index in [-0.39, 0.29) is 12.2 Å². The number of benzene rings is 1. The number of para-hydroxylation sites is 1. The molecule has 0 atom stereocenters. The molecule has 9 nitrogen and oxygen atoms in total. The molecule has 5 rings (SSSR count). The van der Waals surface area contributed by atoms with Crippen molar-refractivity contribution in [3.05, 3.63) is 41.9 Å². The Balaban J connectivity index is 1.51. The highest BCUT2D eigenvalue weighted by Gasteiger charge is 2.48. The van der Waals surface area contributed by atoms with E-state index in [4.69, 9.17) is 19.2 Å². The number of fused-ring (bicyclic) bond motifs is 4. The van der Waals surface area contributed by atoms with E-state index in [1.54, 1.807) is 9.80 Å². The molecule has 0 N–H and O–H groups in total. The van der Waals surface area contributed by atoms with Crippen LogP contribution in [0.4, 0.5) is 9.59 Å². The first-order valence-corrected chi connectivity index (χ1v) is 13.8. The van der Waals surface area contributed by atoms with Gasteiger partial charge in [-0.3, -0.25) is 4.90 Å². The minimum absolute atomic E-state index is 0.279. The molecule has 1 fully saturated rings. The largest absolute Gasteiger partial charge is 0.480 e. The fourth-order valence-electron chi connectivity index (χ4n) is 6.00. The van der Waals surface area contributed by atoms with Gasteiger partial charge in [-0.2, -0.15) is 0 Å². The first kappa shape index (κ1) is 27.1. The minimum Gasteiger partial charge on any atom is -0.480 e. The molecule has 0 unspecified atom stereocenters. The van der Waals surface area contributed by atoms with Crippen molar-refractivity contribution in [1.29, 1.82) is 0 Å². The summed E-state index contributed by atoms with van der Waals surface area (Å²) in [7, 11) is 2.05. The van der Waals surface area contributed by atoms with E-state index < -0.39 is 16.7 Å². The molecule has 3 aliphatic heterocycles. The number of rotatable bonds is 2. The Kier molecular flexibility index (Phi) is 6.67. The molecule has 0 bridgehead atoms. The molecule has 3 aliphatic rings. The van der Waals surface area contributed by atoms with Crippen molar-refractivity contribution in [3.63, 3.8) is 0 Å². The van der Waals surface area contributed by atoms with Crippen LogP contribution in [-0.4, -0.2) is 68.9 Å². The first-order valence-electron chi connectivity index (χ1n) is 13.8. The van der Waals surface area contributed by atoms with Crippen molar-refractivity contribution < 1.29 is 23.8 Å². The highest BCUT2D eigenvalue weighted by molar-refractivity contribution is 5.77. The van der Waals surface area contributed by atoms with Crippen molar-refractivity contribution in [2.75, 3.05) is 26.2 Å². The Morgan fingerprint density at radius 2 is 1.79 bits per heavy atom. The maximum atomic E-state index is 13.0. The lowest BCUT2D eigenvalue weighted by atomic mass is 9.83. The molecule has 4 heterocycles. The summed E-state index contributed by atoms with van der Waals surface area (Å²) in [6, 6.07) is 8.03. The third kappa shape index (κ3) is 4.87. The van der Waals surface area contributed by atoms with Gasteiger partial charge in [-0.05, 0) is 65.7 Å². The van der Waals surface area contributed by atoms with Crippen LogP contribution >= 0.6 is 0 Å². The Bertz CT molecular complexity index is 1310. The Morgan fingerprint density at radius 3 is 2.44 bits per heavy atom. The lowest BCUT2D eigenvalue weighted by molar-refractivity contribution is -0.0101. The van der Waals surface area contributed by atoms with Crippen molar-refractivity contribution in [2.45, 2.75) is 77.5 Å². The van der Waals surface area contributed by atoms with Gasteiger partial charge in [0.25, 0.3) is 0 Å². The maximum Gasteiger partial charge on any atom is 0.411 e. The number of imidazole rings is 1. The summed E-state index contributed by atoms with van der Waals surface area (Å²) in [6.07, 6.45) is 3.43. The predicted octanol–water partition coefficient (Wildman–Crippen LogP) is 5.73. The number of piperidine rings is 1. The van der Waals surface area contributed by atoms with Crippen LogP contribution in [0, 0.1) is 0 Å². The average Bonchev–Trinajstić information content (AvgIpc) is 3.21. The third-order valence-corrected chi connectivity index (χ3v) is 7.85. The molecule has 2 amide bonds. The second-order valence-electron chi connectivity index (χ2n) is 12.3. The van der Waals surface area contributed by atoms with Crippen molar-refractivity contribution >= 4 is 17.8 Å². The normalized spacial score (nSPS) is 19.5. The predicted molar refractivity (Wildman–Crippen MR) is 148 cm³/mol. The summed E-state index contributed by atoms with van der Waals surface area (Å²) in [5, 5.41) is 0. The molecule has 1 aromatic carbocycles. The van der Waals surface area contributed by atoms with Crippen LogP contribution in [0.2, 0.25) is 0 Å². The molecule has 1 spiro atoms. The highest BCUT2D eigenvalue weighted by Crippen LogP contribution is 2.50. The third-order valence-electron chi connectivity index (χ3n) is 7.85. The van der Waals surface area contributed by atoms with E-state index in [2.05, 4.69) is 30.6 Å². The number of ether oxygens (including phenoxy) is 3. The molecule has 9 heteroatoms. The summed E-state index contributed by atoms with van der Waals surface area (Å²) in [6.45, 7) is 13.5. The lowest BCUT2D eigenvalue weighted by Gasteiger charge is -2.44. The van der Waals surface area contributed by atoms with Crippen molar-refractivity contribution in [2.24, 2.45) is 7.05 Å². The van der Waals surface area contributed by atoms with Gasteiger partial charge in [-0.1, -0.05) is 18.2 Å². The zero-order valence-electron chi connectivity index (χ0n) is 24.2. The highest BCUT2D eigenvalue weighted by atomic mass is 16.6. The number of likely N-dealkylation sites (tertiary alicyclic amines) is 1. The molecule has 0 aliphatic carbocycles. The Hall–Kier alpha value is -3.49. The van der Waals surface area contributed by atoms with Crippen LogP contribution in [0.15, 0.2) is 30.3 Å². The zero-order chi connectivity index (χ0) is 28.2. The number of carbonyl (C=O) groups is 2. The SMILES string of the molecule is CCOC(=O)N1CCC2(CC1)Oc1ccccc1-c1nc(C3=CCN(C(=O)OC(C)(C)C)C(C)(C)C3)n(C)c12. The number of amides is 2. The van der Waals surface area contributed by atoms with Gasteiger partial charge in [0.05, 0.1) is 12.3 Å². The maximum absolute atomic E-state index is 13.0. The van der Waals surface area contributed by atoms with E-state index in [1.165, 1.54) is 0 Å². The summed E-state index contributed by atoms with van der Waals surface area (Å²) in [5.74, 6) is 1.69. The van der Waals surface area contributed by atoms with Crippen LogP contribution in [0.5, 0.6) is 5.75 Å². The molecule has 39 heavy (non-hydrogen) atoms. The van der Waals surface area contributed by atoms with Gasteiger partial charge < -0.3 is 23.7 Å². The Labute approximate surface area is 230 Å². The molecular weight excluding hydrogens is 496 g/mol. The second kappa shape index (κ2) is 9.61. The molecule has 1 saturated heterocycles. The van der Waals surface area contributed by atoms with Crippen molar-refractivity contribution in [3.8, 4) is 17.0 Å². The fourth-order valence-corrected chi connectivity index (χ4v) is 6.00. The van der Waals surface area contributed by atoms with E-state index in [1.807, 2.05) is 52.9 Å². The van der Waals surface area contributed by atoms with Crippen molar-refractivity contribution in [1.82, 2.24) is 19.4 Å². The van der Waals surface area contributed by atoms with Gasteiger partial charge in [0, 0.05) is 50.6 Å². The fraction of sp³-hybridized carbons (Fsp3) is 0.567. The summed E-state index contributed by atoms with van der Waals surface area (Å²) in [4.78, 5) is 34.1. The van der Waals surface area contributed by atoms with Crippen LogP contribution in [0.1, 0.15) is 72.3 Å². The van der Waals surface area contributed by atoms with Gasteiger partial charge in [0.2, 0.25) is 0 Å². The van der Waals surface area contributed by atoms with Crippen LogP contribution in [0.3, 0.4) is 0 Å². The molecule has 210 valence electrons. The summed E-state index contributed by atoms with van der Waals surface area (Å²) >= 11 is 0. The molecule has 0 radical (unpaired) electrons. The topological polar surface area (TPSA) is 86.1 Å². The summed E-state index contributed by atoms with van der Waals surface area (Å²) < 4.78 is 19.9. The van der Waals surface area contributed by atoms with E-state index >= 15 is 0 Å². The summed E-state index contributed by atoms with van der Waals surface area (Å²) in [5.41, 5.74) is 2.42. The van der Waals surface area contributed by atoms with Gasteiger partial charge in [0.1, 0.15) is 22.9 Å². The second-order valence-corrected chi connectivity index (χ2v) is 12.3. The standard InChI is InChI=1S/C30H40N4O5/c1-8-37-26(35)33-17-14-30(15-18-33)24-23(21-11-9-10-12-22(21)38-30)31-25(32(24)7)20-13-16-34(29(5,6)19-20)27(36)39-28(2,3)4/h9-13H,8,14-19H2,1-7H3. The number of hydrogen-bond donors (Lipinski definition) is 0. The quantitative estimate of drug-likeness (QED) is 0.487. The van der Waals surface area contributed by atoms with Gasteiger partial charge in [0.15, 0.2) is 5.60 Å². The Morgan fingerprint density at radius 1 is 1.10 bits per heavy atom. The molecule has 2 aromatic rings. The van der Waals surface area contributed by atoms with Crippen LogP contribution in [0.25, 0.3) is 16.8 Å². The average molecular weight is 537 g/mol. The monoisotopic (exact) mass is 536 g/mol. The van der Waals surface area contributed by atoms with E-state index in [0.29, 0.717) is 45.5 Å². The number of carbonyl (C=O) groups excluding carboxylic acids is 2. The van der Waals surface area contributed by atoms with E-state index in [0.717, 1.165) is 34.1 Å². The molecular formula is C30H40N4O5.